The van der Waals surface area contributed by atoms with Crippen molar-refractivity contribution < 1.29 is 23.8 Å². The van der Waals surface area contributed by atoms with Gasteiger partial charge in [-0.3, -0.25) is 9.59 Å². The number of hydrogen-bond acceptors (Lipinski definition) is 5. The number of methoxy groups -OCH3 is 2. The molecule has 0 saturated heterocycles. The molecule has 2 amide bonds. The molecule has 0 aromatic heterocycles. The molecule has 0 aliphatic heterocycles. The van der Waals surface area contributed by atoms with Crippen molar-refractivity contribution in [2.24, 2.45) is 0 Å². The Bertz CT molecular complexity index is 906. The molecule has 7 heteroatoms. The van der Waals surface area contributed by atoms with E-state index in [0.717, 1.165) is 31.2 Å². The first-order chi connectivity index (χ1) is 16.5. The molecular formula is C27H36N2O5. The zero-order chi connectivity index (χ0) is 24.3. The normalized spacial score (nSPS) is 14.7. The summed E-state index contributed by atoms with van der Waals surface area (Å²) < 4.78 is 16.3. The predicted octanol–water partition coefficient (Wildman–Crippen LogP) is 3.99. The first kappa shape index (κ1) is 25.4. The first-order valence-corrected chi connectivity index (χ1v) is 12.0. The minimum Gasteiger partial charge on any atom is -0.496 e. The molecule has 1 N–H and O–H groups in total. The largest absolute Gasteiger partial charge is 0.496 e. The molecule has 0 bridgehead atoms. The molecule has 7 nitrogen and oxygen atoms in total. The van der Waals surface area contributed by atoms with E-state index in [-0.39, 0.29) is 24.5 Å². The van der Waals surface area contributed by atoms with Gasteiger partial charge in [-0.1, -0.05) is 49.6 Å². The number of carbonyl (C=O) groups is 2. The van der Waals surface area contributed by atoms with Crippen molar-refractivity contribution in [1.29, 1.82) is 0 Å². The Morgan fingerprint density at radius 3 is 2.21 bits per heavy atom. The van der Waals surface area contributed by atoms with Gasteiger partial charge in [0.25, 0.3) is 5.91 Å². The summed E-state index contributed by atoms with van der Waals surface area (Å²) in [5, 5.41) is 3.15. The number of nitrogens with one attached hydrogen (secondary N) is 1. The van der Waals surface area contributed by atoms with Gasteiger partial charge in [0.15, 0.2) is 6.61 Å². The lowest BCUT2D eigenvalue weighted by Gasteiger charge is -2.31. The Morgan fingerprint density at radius 1 is 0.971 bits per heavy atom. The van der Waals surface area contributed by atoms with Gasteiger partial charge in [-0.25, -0.2) is 0 Å². The molecule has 184 valence electrons. The van der Waals surface area contributed by atoms with Crippen LogP contribution in [0.25, 0.3) is 0 Å². The highest BCUT2D eigenvalue weighted by Gasteiger charge is 2.28. The van der Waals surface area contributed by atoms with Gasteiger partial charge in [0.2, 0.25) is 5.91 Å². The van der Waals surface area contributed by atoms with Gasteiger partial charge >= 0.3 is 0 Å². The van der Waals surface area contributed by atoms with Crippen molar-refractivity contribution in [2.75, 3.05) is 27.4 Å². The molecule has 1 atom stereocenters. The maximum Gasteiger partial charge on any atom is 0.261 e. The fourth-order valence-corrected chi connectivity index (χ4v) is 4.23. The number of rotatable bonds is 11. The molecule has 2 aromatic carbocycles. The van der Waals surface area contributed by atoms with Gasteiger partial charge < -0.3 is 24.4 Å². The highest BCUT2D eigenvalue weighted by molar-refractivity contribution is 5.88. The Morgan fingerprint density at radius 2 is 1.59 bits per heavy atom. The van der Waals surface area contributed by atoms with Crippen LogP contribution in [0, 0.1) is 0 Å². The van der Waals surface area contributed by atoms with Gasteiger partial charge in [-0.05, 0) is 31.7 Å². The fourth-order valence-electron chi connectivity index (χ4n) is 4.23. The average molecular weight is 469 g/mol. The van der Waals surface area contributed by atoms with Crippen molar-refractivity contribution in [2.45, 2.75) is 57.5 Å². The summed E-state index contributed by atoms with van der Waals surface area (Å²) in [4.78, 5) is 27.9. The highest BCUT2D eigenvalue weighted by Crippen LogP contribution is 2.27. The van der Waals surface area contributed by atoms with Crippen LogP contribution >= 0.6 is 0 Å². The van der Waals surface area contributed by atoms with Crippen LogP contribution in [0.15, 0.2) is 48.5 Å². The molecule has 0 heterocycles. The second kappa shape index (κ2) is 12.9. The monoisotopic (exact) mass is 468 g/mol. The molecule has 1 aliphatic rings. The van der Waals surface area contributed by atoms with Gasteiger partial charge in [0.1, 0.15) is 23.3 Å². The summed E-state index contributed by atoms with van der Waals surface area (Å²) in [6.45, 7) is 2.02. The topological polar surface area (TPSA) is 77.1 Å². The van der Waals surface area contributed by atoms with Crippen molar-refractivity contribution in [3.05, 3.63) is 54.1 Å². The molecular weight excluding hydrogens is 432 g/mol. The summed E-state index contributed by atoms with van der Waals surface area (Å²) in [6, 6.07) is 14.7. The molecule has 1 aliphatic carbocycles. The Balaban J connectivity index is 1.68. The molecule has 1 fully saturated rings. The van der Waals surface area contributed by atoms with Crippen molar-refractivity contribution in [3.8, 4) is 17.2 Å². The van der Waals surface area contributed by atoms with E-state index < -0.39 is 6.04 Å². The van der Waals surface area contributed by atoms with Crippen molar-refractivity contribution in [1.82, 2.24) is 10.2 Å². The summed E-state index contributed by atoms with van der Waals surface area (Å²) in [5.74, 6) is 1.25. The minimum atomic E-state index is -0.596. The third kappa shape index (κ3) is 7.40. The van der Waals surface area contributed by atoms with Gasteiger partial charge in [-0.2, -0.15) is 0 Å². The summed E-state index contributed by atoms with van der Waals surface area (Å²) in [7, 11) is 3.11. The lowest BCUT2D eigenvalue weighted by molar-refractivity contribution is -0.141. The lowest BCUT2D eigenvalue weighted by atomic mass is 9.95. The van der Waals surface area contributed by atoms with E-state index in [1.54, 1.807) is 44.2 Å². The number of ether oxygens (including phenoxy) is 3. The van der Waals surface area contributed by atoms with E-state index in [1.165, 1.54) is 6.42 Å². The Hall–Kier alpha value is -3.22. The van der Waals surface area contributed by atoms with Crippen LogP contribution in [0.3, 0.4) is 0 Å². The average Bonchev–Trinajstić information content (AvgIpc) is 2.88. The molecule has 1 saturated carbocycles. The maximum absolute atomic E-state index is 13.2. The van der Waals surface area contributed by atoms with Gasteiger partial charge in [0, 0.05) is 30.8 Å². The number of benzene rings is 2. The smallest absolute Gasteiger partial charge is 0.261 e. The second-order valence-electron chi connectivity index (χ2n) is 8.68. The van der Waals surface area contributed by atoms with E-state index in [9.17, 15) is 9.59 Å². The zero-order valence-corrected chi connectivity index (χ0v) is 20.4. The van der Waals surface area contributed by atoms with Crippen LogP contribution in [0.5, 0.6) is 17.2 Å². The van der Waals surface area contributed by atoms with Gasteiger partial charge in [-0.15, -0.1) is 0 Å². The third-order valence-electron chi connectivity index (χ3n) is 6.29. The van der Waals surface area contributed by atoms with E-state index in [0.29, 0.717) is 30.2 Å². The third-order valence-corrected chi connectivity index (χ3v) is 6.29. The summed E-state index contributed by atoms with van der Waals surface area (Å²) >= 11 is 0. The van der Waals surface area contributed by atoms with E-state index in [1.807, 2.05) is 30.3 Å². The first-order valence-electron chi connectivity index (χ1n) is 12.0. The molecule has 3 rings (SSSR count). The van der Waals surface area contributed by atoms with Crippen LogP contribution in [0.1, 0.15) is 44.6 Å². The molecule has 2 aromatic rings. The quantitative estimate of drug-likeness (QED) is 0.540. The van der Waals surface area contributed by atoms with Crippen LogP contribution in [0.4, 0.5) is 0 Å². The van der Waals surface area contributed by atoms with Crippen molar-refractivity contribution >= 4 is 11.8 Å². The summed E-state index contributed by atoms with van der Waals surface area (Å²) in [5.41, 5.74) is 1.11. The van der Waals surface area contributed by atoms with Crippen LogP contribution in [0.2, 0.25) is 0 Å². The van der Waals surface area contributed by atoms with Crippen molar-refractivity contribution in [3.63, 3.8) is 0 Å². The van der Waals surface area contributed by atoms with E-state index >= 15 is 0 Å². The van der Waals surface area contributed by atoms with E-state index in [4.69, 9.17) is 14.2 Å². The standard InChI is InChI=1S/C27H36N2O5/c1-20(27(31)28-22-12-8-5-9-13-22)29(15-14-21-10-6-4-7-11-21)26(30)19-34-25-17-23(32-2)16-24(18-25)33-3/h4,6-7,10-11,16-18,20,22H,5,8-9,12-15,19H2,1-3H3,(H,28,31). The molecule has 1 unspecified atom stereocenters. The van der Waals surface area contributed by atoms with Crippen LogP contribution in [-0.4, -0.2) is 56.2 Å². The maximum atomic E-state index is 13.2. The zero-order valence-electron chi connectivity index (χ0n) is 20.4. The number of amides is 2. The van der Waals surface area contributed by atoms with E-state index in [2.05, 4.69) is 5.32 Å². The highest BCUT2D eigenvalue weighted by atomic mass is 16.5. The lowest BCUT2D eigenvalue weighted by Crippen LogP contribution is -2.52. The Kier molecular flexibility index (Phi) is 9.62. The molecule has 0 spiro atoms. The predicted molar refractivity (Wildman–Crippen MR) is 131 cm³/mol. The number of hydrogen-bond donors (Lipinski definition) is 1. The fraction of sp³-hybridized carbons (Fsp3) is 0.481. The molecule has 34 heavy (non-hydrogen) atoms. The minimum absolute atomic E-state index is 0.114. The number of carbonyl (C=O) groups excluding carboxylic acids is 2. The van der Waals surface area contributed by atoms with Crippen LogP contribution in [-0.2, 0) is 16.0 Å². The summed E-state index contributed by atoms with van der Waals surface area (Å²) in [6.07, 6.45) is 6.13. The second-order valence-corrected chi connectivity index (χ2v) is 8.68. The SMILES string of the molecule is COc1cc(OC)cc(OCC(=O)N(CCc2ccccc2)C(C)C(=O)NC2CCCCC2)c1. The number of nitrogens with zero attached hydrogens (tertiary/aromatic N) is 1. The van der Waals surface area contributed by atoms with Gasteiger partial charge in [0.05, 0.1) is 14.2 Å². The Labute approximate surface area is 202 Å². The molecule has 0 radical (unpaired) electrons. The van der Waals surface area contributed by atoms with Crippen LogP contribution < -0.4 is 19.5 Å².